The summed E-state index contributed by atoms with van der Waals surface area (Å²) in [5.74, 6) is 1.53. The monoisotopic (exact) mass is 238 g/mol. The Bertz CT molecular complexity index is 342. The summed E-state index contributed by atoms with van der Waals surface area (Å²) in [7, 11) is 7.35. The fourth-order valence-corrected chi connectivity index (χ4v) is 1.68. The smallest absolute Gasteiger partial charge is 0.162 e. The Morgan fingerprint density at radius 3 is 2.47 bits per heavy atom. The molecule has 0 aliphatic rings. The molecule has 1 N–H and O–H groups in total. The van der Waals surface area contributed by atoms with Gasteiger partial charge in [0.25, 0.3) is 0 Å². The van der Waals surface area contributed by atoms with Crippen LogP contribution in [-0.2, 0) is 0 Å². The molecule has 0 aliphatic carbocycles. The highest BCUT2D eigenvalue weighted by Crippen LogP contribution is 2.30. The summed E-state index contributed by atoms with van der Waals surface area (Å²) >= 11 is 0. The van der Waals surface area contributed by atoms with Crippen molar-refractivity contribution >= 4 is 5.69 Å². The summed E-state index contributed by atoms with van der Waals surface area (Å²) in [6, 6.07) is 5.97. The van der Waals surface area contributed by atoms with Crippen molar-refractivity contribution in [3.8, 4) is 11.5 Å². The molecule has 0 radical (unpaired) electrons. The minimum atomic E-state index is 0.764. The summed E-state index contributed by atoms with van der Waals surface area (Å²) in [4.78, 5) is 2.21. The summed E-state index contributed by atoms with van der Waals surface area (Å²) in [5, 5.41) is 3.14. The number of nitrogens with zero attached hydrogens (tertiary/aromatic N) is 1. The zero-order valence-corrected chi connectivity index (χ0v) is 11.1. The summed E-state index contributed by atoms with van der Waals surface area (Å²) in [6.07, 6.45) is 1.11. The summed E-state index contributed by atoms with van der Waals surface area (Å²) < 4.78 is 10.5. The maximum Gasteiger partial charge on any atom is 0.162 e. The van der Waals surface area contributed by atoms with Crippen molar-refractivity contribution < 1.29 is 9.47 Å². The molecule has 4 heteroatoms. The number of nitrogens with one attached hydrogen (secondary N) is 1. The first-order chi connectivity index (χ1) is 8.22. The van der Waals surface area contributed by atoms with E-state index in [0.29, 0.717) is 0 Å². The van der Waals surface area contributed by atoms with Crippen molar-refractivity contribution in [2.75, 3.05) is 46.3 Å². The molecule has 17 heavy (non-hydrogen) atoms. The number of hydrogen-bond donors (Lipinski definition) is 1. The van der Waals surface area contributed by atoms with Gasteiger partial charge < -0.3 is 19.7 Å². The van der Waals surface area contributed by atoms with E-state index in [1.54, 1.807) is 14.2 Å². The highest BCUT2D eigenvalue weighted by atomic mass is 16.5. The van der Waals surface area contributed by atoms with Gasteiger partial charge in [0, 0.05) is 25.3 Å². The molecule has 0 spiro atoms. The average molecular weight is 238 g/mol. The first-order valence-corrected chi connectivity index (χ1v) is 5.80. The Hall–Kier alpha value is -1.42. The maximum absolute atomic E-state index is 5.29. The Balaban J connectivity index is 2.70. The highest BCUT2D eigenvalue weighted by Gasteiger charge is 2.07. The van der Waals surface area contributed by atoms with Crippen LogP contribution in [0.2, 0.25) is 0 Å². The van der Waals surface area contributed by atoms with Crippen LogP contribution in [0.15, 0.2) is 18.2 Å². The van der Waals surface area contributed by atoms with Crippen LogP contribution in [0.25, 0.3) is 0 Å². The molecule has 0 saturated carbocycles. The molecule has 4 nitrogen and oxygen atoms in total. The molecule has 0 saturated heterocycles. The Morgan fingerprint density at radius 1 is 1.18 bits per heavy atom. The zero-order chi connectivity index (χ0) is 12.7. The molecule has 0 heterocycles. The van der Waals surface area contributed by atoms with E-state index in [-0.39, 0.29) is 0 Å². The molecule has 1 rings (SSSR count). The van der Waals surface area contributed by atoms with E-state index in [9.17, 15) is 0 Å². The van der Waals surface area contributed by atoms with E-state index in [1.165, 1.54) is 0 Å². The first kappa shape index (κ1) is 13.6. The predicted octanol–water partition coefficient (Wildman–Crippen LogP) is 1.75. The quantitative estimate of drug-likeness (QED) is 0.734. The maximum atomic E-state index is 5.29. The van der Waals surface area contributed by atoms with Gasteiger partial charge in [-0.3, -0.25) is 0 Å². The van der Waals surface area contributed by atoms with E-state index in [4.69, 9.17) is 9.47 Å². The van der Waals surface area contributed by atoms with Crippen molar-refractivity contribution in [2.24, 2.45) is 0 Å². The van der Waals surface area contributed by atoms with Gasteiger partial charge >= 0.3 is 0 Å². The Morgan fingerprint density at radius 2 is 1.88 bits per heavy atom. The Kier molecular flexibility index (Phi) is 5.63. The van der Waals surface area contributed by atoms with Crippen LogP contribution in [0, 0.1) is 0 Å². The van der Waals surface area contributed by atoms with Crippen LogP contribution in [0.5, 0.6) is 11.5 Å². The number of hydrogen-bond acceptors (Lipinski definition) is 4. The van der Waals surface area contributed by atoms with Crippen LogP contribution in [-0.4, -0.2) is 41.4 Å². The van der Waals surface area contributed by atoms with E-state index in [2.05, 4.69) is 17.3 Å². The van der Waals surface area contributed by atoms with Crippen LogP contribution in [0.1, 0.15) is 6.42 Å². The number of rotatable bonds is 7. The lowest BCUT2D eigenvalue weighted by Gasteiger charge is -2.20. The van der Waals surface area contributed by atoms with E-state index < -0.39 is 0 Å². The first-order valence-electron chi connectivity index (χ1n) is 5.80. The SMILES string of the molecule is CNCCCN(C)c1ccc(OC)c(OC)c1. The second kappa shape index (κ2) is 7.01. The molecular formula is C13H22N2O2. The largest absolute Gasteiger partial charge is 0.493 e. The van der Waals surface area contributed by atoms with Gasteiger partial charge in [-0.05, 0) is 32.1 Å². The van der Waals surface area contributed by atoms with Crippen molar-refractivity contribution in [1.29, 1.82) is 0 Å². The lowest BCUT2D eigenvalue weighted by molar-refractivity contribution is 0.355. The van der Waals surface area contributed by atoms with Crippen LogP contribution in [0.4, 0.5) is 5.69 Å². The zero-order valence-electron chi connectivity index (χ0n) is 11.1. The number of benzene rings is 1. The van der Waals surface area contributed by atoms with E-state index in [0.717, 1.165) is 36.7 Å². The molecule has 0 bridgehead atoms. The molecule has 0 aliphatic heterocycles. The topological polar surface area (TPSA) is 33.7 Å². The van der Waals surface area contributed by atoms with Gasteiger partial charge in [-0.2, -0.15) is 0 Å². The lowest BCUT2D eigenvalue weighted by Crippen LogP contribution is -2.22. The third-order valence-corrected chi connectivity index (χ3v) is 2.73. The van der Waals surface area contributed by atoms with Gasteiger partial charge in [-0.15, -0.1) is 0 Å². The number of methoxy groups -OCH3 is 2. The fraction of sp³-hybridized carbons (Fsp3) is 0.538. The van der Waals surface area contributed by atoms with Crippen molar-refractivity contribution in [3.63, 3.8) is 0 Å². The summed E-state index contributed by atoms with van der Waals surface area (Å²) in [5.41, 5.74) is 1.14. The highest BCUT2D eigenvalue weighted by molar-refractivity contribution is 5.55. The second-order valence-electron chi connectivity index (χ2n) is 3.92. The molecule has 0 atom stereocenters. The molecule has 0 fully saturated rings. The fourth-order valence-electron chi connectivity index (χ4n) is 1.68. The molecule has 0 unspecified atom stereocenters. The van der Waals surface area contributed by atoms with Gasteiger partial charge in [0.2, 0.25) is 0 Å². The van der Waals surface area contributed by atoms with E-state index >= 15 is 0 Å². The standard InChI is InChI=1S/C13H22N2O2/c1-14-8-5-9-15(2)11-6-7-12(16-3)13(10-11)17-4/h6-7,10,14H,5,8-9H2,1-4H3. The normalized spacial score (nSPS) is 10.1. The summed E-state index contributed by atoms with van der Waals surface area (Å²) in [6.45, 7) is 2.04. The average Bonchev–Trinajstić information content (AvgIpc) is 2.38. The number of anilines is 1. The third kappa shape index (κ3) is 3.82. The van der Waals surface area contributed by atoms with Gasteiger partial charge in [-0.1, -0.05) is 0 Å². The van der Waals surface area contributed by atoms with Crippen LogP contribution < -0.4 is 19.7 Å². The minimum Gasteiger partial charge on any atom is -0.493 e. The lowest BCUT2D eigenvalue weighted by atomic mass is 10.2. The molecule has 96 valence electrons. The van der Waals surface area contributed by atoms with Gasteiger partial charge in [0.05, 0.1) is 14.2 Å². The molecular weight excluding hydrogens is 216 g/mol. The Labute approximate surface area is 104 Å². The molecule has 0 amide bonds. The minimum absolute atomic E-state index is 0.764. The van der Waals surface area contributed by atoms with Gasteiger partial charge in [0.1, 0.15) is 0 Å². The third-order valence-electron chi connectivity index (χ3n) is 2.73. The van der Waals surface area contributed by atoms with Gasteiger partial charge in [-0.25, -0.2) is 0 Å². The van der Waals surface area contributed by atoms with Crippen molar-refractivity contribution in [2.45, 2.75) is 6.42 Å². The van der Waals surface area contributed by atoms with Crippen molar-refractivity contribution in [3.05, 3.63) is 18.2 Å². The molecule has 0 aromatic heterocycles. The number of ether oxygens (including phenoxy) is 2. The molecule has 1 aromatic rings. The van der Waals surface area contributed by atoms with Crippen LogP contribution >= 0.6 is 0 Å². The predicted molar refractivity (Wildman–Crippen MR) is 71.4 cm³/mol. The molecule has 1 aromatic carbocycles. The van der Waals surface area contributed by atoms with Crippen LogP contribution in [0.3, 0.4) is 0 Å². The van der Waals surface area contributed by atoms with E-state index in [1.807, 2.05) is 25.2 Å². The van der Waals surface area contributed by atoms with Gasteiger partial charge in [0.15, 0.2) is 11.5 Å². The second-order valence-corrected chi connectivity index (χ2v) is 3.92. The van der Waals surface area contributed by atoms with Crippen molar-refractivity contribution in [1.82, 2.24) is 5.32 Å².